The second-order valence-electron chi connectivity index (χ2n) is 14.4. The molecule has 2 aliphatic rings. The number of nitrogens with one attached hydrogen (secondary N) is 2. The Bertz CT molecular complexity index is 2270. The van der Waals surface area contributed by atoms with E-state index in [9.17, 15) is 24.0 Å². The van der Waals surface area contributed by atoms with Crippen LogP contribution in [0, 0.1) is 0 Å². The van der Waals surface area contributed by atoms with Crippen molar-refractivity contribution < 1.29 is 38.0 Å². The van der Waals surface area contributed by atoms with Crippen molar-refractivity contribution in [2.75, 3.05) is 18.2 Å². The molecule has 2 unspecified atom stereocenters. The summed E-state index contributed by atoms with van der Waals surface area (Å²) in [5.41, 5.74) is 5.76. The lowest BCUT2D eigenvalue weighted by Crippen LogP contribution is -2.82. The van der Waals surface area contributed by atoms with Crippen LogP contribution in [0.4, 0.5) is 5.69 Å². The second-order valence-corrected chi connectivity index (χ2v) is 15.6. The summed E-state index contributed by atoms with van der Waals surface area (Å²) in [6, 6.07) is 42.6. The summed E-state index contributed by atoms with van der Waals surface area (Å²) >= 11 is 1.47. The number of carbonyl (C=O) groups is 5. The number of quaternary nitrogens is 1. The predicted octanol–water partition coefficient (Wildman–Crippen LogP) is 7.68. The van der Waals surface area contributed by atoms with E-state index in [2.05, 4.69) is 17.3 Å². The van der Waals surface area contributed by atoms with Gasteiger partial charge in [0.25, 0.3) is 11.8 Å². The quantitative estimate of drug-likeness (QED) is 0.0508. The second kappa shape index (κ2) is 17.5. The predicted molar refractivity (Wildman–Crippen MR) is 222 cm³/mol. The van der Waals surface area contributed by atoms with Crippen LogP contribution in [0.2, 0.25) is 0 Å². The lowest BCUT2D eigenvalue weighted by Gasteiger charge is -2.53. The molecule has 294 valence electrons. The largest absolute Gasteiger partial charge is 0.468 e. The van der Waals surface area contributed by atoms with E-state index >= 15 is 0 Å². The zero-order valence-electron chi connectivity index (χ0n) is 32.0. The van der Waals surface area contributed by atoms with Gasteiger partial charge in [-0.1, -0.05) is 140 Å². The zero-order chi connectivity index (χ0) is 40.7. The van der Waals surface area contributed by atoms with Crippen molar-refractivity contribution in [3.63, 3.8) is 0 Å². The Morgan fingerprint density at radius 1 is 0.810 bits per heavy atom. The molecule has 0 radical (unpaired) electrons. The van der Waals surface area contributed by atoms with Gasteiger partial charge in [0, 0.05) is 29.0 Å². The number of nitrogens with zero attached hydrogens (tertiary/aromatic N) is 1. The summed E-state index contributed by atoms with van der Waals surface area (Å²) in [4.78, 5) is 69.3. The van der Waals surface area contributed by atoms with E-state index in [4.69, 9.17) is 9.47 Å². The molecule has 4 atom stereocenters. The minimum absolute atomic E-state index is 0.0778. The van der Waals surface area contributed by atoms with E-state index < -0.39 is 45.4 Å². The monoisotopic (exact) mass is 794 g/mol. The third-order valence-electron chi connectivity index (χ3n) is 10.8. The number of benzene rings is 5. The Kier molecular flexibility index (Phi) is 12.0. The Labute approximate surface area is 341 Å². The van der Waals surface area contributed by atoms with Gasteiger partial charge in [-0.3, -0.25) is 14.4 Å². The average Bonchev–Trinajstić information content (AvgIpc) is 3.26. The minimum atomic E-state index is -1.36. The summed E-state index contributed by atoms with van der Waals surface area (Å²) in [5.74, 6) is -1.85. The molecule has 0 aromatic heterocycles. The molecule has 0 spiro atoms. The number of β-lactam (4-membered cyclic amide) rings is 1. The summed E-state index contributed by atoms with van der Waals surface area (Å²) in [6.45, 7) is 4.19. The smallest absolute Gasteiger partial charge is 0.373 e. The van der Waals surface area contributed by atoms with E-state index in [0.29, 0.717) is 33.7 Å². The molecular weight excluding hydrogens is 751 g/mol. The first kappa shape index (κ1) is 39.9. The van der Waals surface area contributed by atoms with Crippen LogP contribution in [-0.2, 0) is 34.1 Å². The van der Waals surface area contributed by atoms with Crippen LogP contribution in [0.5, 0.6) is 0 Å². The third kappa shape index (κ3) is 7.83. The Balaban J connectivity index is 1.14. The molecule has 5 aromatic rings. The van der Waals surface area contributed by atoms with Gasteiger partial charge in [-0.25, -0.2) is 9.59 Å². The summed E-state index contributed by atoms with van der Waals surface area (Å²) in [7, 11) is 1.32. The van der Waals surface area contributed by atoms with Gasteiger partial charge in [0.1, 0.15) is 11.8 Å². The van der Waals surface area contributed by atoms with Gasteiger partial charge in [0.2, 0.25) is 6.04 Å². The maximum atomic E-state index is 14.3. The Morgan fingerprint density at radius 2 is 1.40 bits per heavy atom. The number of hydrogen-bond acceptors (Lipinski definition) is 8. The van der Waals surface area contributed by atoms with E-state index in [0.717, 1.165) is 11.1 Å². The molecule has 7 rings (SSSR count). The number of methoxy groups -OCH3 is 1. The van der Waals surface area contributed by atoms with Crippen LogP contribution in [0.25, 0.3) is 0 Å². The lowest BCUT2D eigenvalue weighted by atomic mass is 9.71. The first-order chi connectivity index (χ1) is 28.2. The maximum Gasteiger partial charge on any atom is 0.373 e. The van der Waals surface area contributed by atoms with Gasteiger partial charge in [-0.05, 0) is 59.4 Å². The van der Waals surface area contributed by atoms with Crippen molar-refractivity contribution in [2.24, 2.45) is 0 Å². The topological polar surface area (TPSA) is 128 Å². The highest BCUT2D eigenvalue weighted by atomic mass is 32.2. The number of hydrogen-bond donors (Lipinski definition) is 2. The van der Waals surface area contributed by atoms with Gasteiger partial charge >= 0.3 is 17.8 Å². The number of esters is 2. The highest BCUT2D eigenvalue weighted by molar-refractivity contribution is 8.00. The van der Waals surface area contributed by atoms with Crippen LogP contribution >= 0.6 is 11.8 Å². The van der Waals surface area contributed by atoms with Crippen molar-refractivity contribution in [2.45, 2.75) is 48.6 Å². The molecule has 0 bridgehead atoms. The van der Waals surface area contributed by atoms with Gasteiger partial charge in [0.15, 0.2) is 11.5 Å². The van der Waals surface area contributed by atoms with Crippen molar-refractivity contribution in [1.29, 1.82) is 0 Å². The van der Waals surface area contributed by atoms with Gasteiger partial charge in [-0.15, -0.1) is 4.59 Å². The SMILES string of the molecule is C=C1CS[C@H]2CC(=O)[N+]2(NC(=O)CCCC(C(=O)OC)(c2ccccc2)c2cccc(NC(=O)c3ccccc3)c2)[C@H]1C(=O)OC(c1ccccc1)c1ccccc1. The fourth-order valence-electron chi connectivity index (χ4n) is 7.97. The summed E-state index contributed by atoms with van der Waals surface area (Å²) < 4.78 is 11.1. The summed E-state index contributed by atoms with van der Waals surface area (Å²) in [5, 5.41) is 2.52. The molecule has 3 amide bonds. The highest BCUT2D eigenvalue weighted by Gasteiger charge is 2.68. The Hall–Kier alpha value is -6.30. The molecule has 58 heavy (non-hydrogen) atoms. The van der Waals surface area contributed by atoms with E-state index in [1.54, 1.807) is 48.5 Å². The standard InChI is InChI=1S/C47H43N3O7S/c1-32-31-58-41-30-40(52)50(41,42(32)45(54)57-43(33-17-7-3-8-18-33)34-19-9-4-10-20-34)49-39(51)27-16-28-47(46(55)56-2,36-23-13-6-14-24-36)37-25-15-26-38(29-37)48-44(53)35-21-11-5-12-22-35/h3-15,17-26,29,41-43H,1,16,27-28,30-31H2,2H3,(H-,48,49,51,53)/p+1/t41-,42+,47?,50?/m0/s1. The average molecular weight is 795 g/mol. The third-order valence-corrected chi connectivity index (χ3v) is 12.3. The molecule has 2 fully saturated rings. The molecule has 0 saturated carbocycles. The maximum absolute atomic E-state index is 14.3. The van der Waals surface area contributed by atoms with Crippen LogP contribution in [-0.4, -0.2) is 58.5 Å². The molecule has 5 aromatic carbocycles. The molecular formula is C47H44N3O7S+. The normalized spacial score (nSPS) is 19.5. The van der Waals surface area contributed by atoms with Crippen LogP contribution in [0.1, 0.15) is 64.4 Å². The number of fused-ring (bicyclic) bond motifs is 1. The number of amides is 3. The lowest BCUT2D eigenvalue weighted by molar-refractivity contribution is -0.935. The highest BCUT2D eigenvalue weighted by Crippen LogP contribution is 2.47. The molecule has 0 aliphatic carbocycles. The number of thioether (sulfide) groups is 1. The van der Waals surface area contributed by atoms with Gasteiger partial charge < -0.3 is 14.8 Å². The number of rotatable bonds is 14. The van der Waals surface area contributed by atoms with E-state index in [1.807, 2.05) is 97.1 Å². The molecule has 2 saturated heterocycles. The minimum Gasteiger partial charge on any atom is -0.468 e. The molecule has 11 heteroatoms. The fourth-order valence-corrected chi connectivity index (χ4v) is 9.32. The fraction of sp³-hybridized carbons (Fsp3) is 0.213. The summed E-state index contributed by atoms with van der Waals surface area (Å²) in [6.07, 6.45) is -0.307. The van der Waals surface area contributed by atoms with Crippen molar-refractivity contribution >= 4 is 47.1 Å². The van der Waals surface area contributed by atoms with Crippen LogP contribution in [0.15, 0.2) is 158 Å². The molecule has 2 heterocycles. The van der Waals surface area contributed by atoms with Crippen molar-refractivity contribution in [3.05, 3.63) is 186 Å². The van der Waals surface area contributed by atoms with Crippen molar-refractivity contribution in [1.82, 2.24) is 5.43 Å². The first-order valence-corrected chi connectivity index (χ1v) is 20.2. The van der Waals surface area contributed by atoms with Crippen LogP contribution < -0.4 is 10.7 Å². The Morgan fingerprint density at radius 3 is 2.00 bits per heavy atom. The van der Waals surface area contributed by atoms with Crippen LogP contribution in [0.3, 0.4) is 0 Å². The number of ether oxygens (including phenoxy) is 2. The van der Waals surface area contributed by atoms with Crippen molar-refractivity contribution in [3.8, 4) is 0 Å². The van der Waals surface area contributed by atoms with E-state index in [1.165, 1.54) is 18.9 Å². The molecule has 2 N–H and O–H groups in total. The van der Waals surface area contributed by atoms with Gasteiger partial charge in [-0.2, -0.15) is 5.43 Å². The number of anilines is 1. The van der Waals surface area contributed by atoms with E-state index in [-0.39, 0.29) is 37.5 Å². The zero-order valence-corrected chi connectivity index (χ0v) is 32.9. The molecule has 2 aliphatic heterocycles. The first-order valence-electron chi connectivity index (χ1n) is 19.1. The number of carbonyl (C=O) groups excluding carboxylic acids is 5. The van der Waals surface area contributed by atoms with Gasteiger partial charge in [0.05, 0.1) is 7.11 Å². The molecule has 10 nitrogen and oxygen atoms in total.